The Hall–Kier alpha value is -2.70. The lowest BCUT2D eigenvalue weighted by molar-refractivity contribution is -0.126. The van der Waals surface area contributed by atoms with E-state index in [-0.39, 0.29) is 24.9 Å². The number of nitrogens with one attached hydrogen (secondary N) is 1. The maximum Gasteiger partial charge on any atom is 0.246 e. The van der Waals surface area contributed by atoms with Crippen LogP contribution in [0.1, 0.15) is 11.3 Å². The fourth-order valence-electron chi connectivity index (χ4n) is 2.23. The number of benzene rings is 2. The largest absolute Gasteiger partial charge is 0.365 e. The van der Waals surface area contributed by atoms with Crippen molar-refractivity contribution < 1.29 is 18.4 Å². The standard InChI is InChI=1S/C19H16ClFN2O3/c20-15-5-1-13(2-6-15)10-22-19(24)12-25-11-17-9-18(26-23-17)14-3-7-16(21)8-4-14/h1-9H,10-12H2,(H,22,24). The molecule has 5 nitrogen and oxygen atoms in total. The molecule has 1 heterocycles. The van der Waals surface area contributed by atoms with E-state index in [1.807, 2.05) is 12.1 Å². The van der Waals surface area contributed by atoms with E-state index in [0.717, 1.165) is 5.56 Å². The van der Waals surface area contributed by atoms with Gasteiger partial charge in [-0.15, -0.1) is 0 Å². The molecule has 0 saturated carbocycles. The minimum absolute atomic E-state index is 0.0909. The van der Waals surface area contributed by atoms with Gasteiger partial charge in [-0.1, -0.05) is 28.9 Å². The highest BCUT2D eigenvalue weighted by molar-refractivity contribution is 6.30. The summed E-state index contributed by atoms with van der Waals surface area (Å²) in [5, 5.41) is 7.28. The fourth-order valence-corrected chi connectivity index (χ4v) is 2.36. The second kappa shape index (κ2) is 8.60. The molecule has 2 aromatic carbocycles. The first-order chi connectivity index (χ1) is 12.6. The van der Waals surface area contributed by atoms with Crippen molar-refractivity contribution in [2.75, 3.05) is 6.61 Å². The van der Waals surface area contributed by atoms with Gasteiger partial charge in [0.2, 0.25) is 5.91 Å². The number of amides is 1. The van der Waals surface area contributed by atoms with Crippen molar-refractivity contribution in [1.29, 1.82) is 0 Å². The Labute approximate surface area is 154 Å². The smallest absolute Gasteiger partial charge is 0.246 e. The van der Waals surface area contributed by atoms with Crippen molar-refractivity contribution in [3.05, 3.63) is 76.7 Å². The van der Waals surface area contributed by atoms with E-state index >= 15 is 0 Å². The summed E-state index contributed by atoms with van der Waals surface area (Å²) in [6.45, 7) is 0.448. The van der Waals surface area contributed by atoms with Crippen LogP contribution < -0.4 is 5.32 Å². The van der Waals surface area contributed by atoms with Gasteiger partial charge in [0.15, 0.2) is 5.76 Å². The average Bonchev–Trinajstić information content (AvgIpc) is 3.11. The first kappa shape index (κ1) is 18.1. The number of carbonyl (C=O) groups excluding carboxylic acids is 1. The van der Waals surface area contributed by atoms with Gasteiger partial charge in [-0.25, -0.2) is 4.39 Å². The number of hydrogen-bond acceptors (Lipinski definition) is 4. The van der Waals surface area contributed by atoms with Crippen LogP contribution in [0.3, 0.4) is 0 Å². The second-order valence-electron chi connectivity index (χ2n) is 5.59. The molecule has 134 valence electrons. The predicted octanol–water partition coefficient (Wildman–Crippen LogP) is 3.97. The Morgan fingerprint density at radius 2 is 1.88 bits per heavy atom. The van der Waals surface area contributed by atoms with Gasteiger partial charge in [0.25, 0.3) is 0 Å². The van der Waals surface area contributed by atoms with Crippen molar-refractivity contribution >= 4 is 17.5 Å². The lowest BCUT2D eigenvalue weighted by Crippen LogP contribution is -2.27. The Balaban J connectivity index is 1.42. The Morgan fingerprint density at radius 3 is 2.62 bits per heavy atom. The van der Waals surface area contributed by atoms with Crippen LogP contribution in [0.5, 0.6) is 0 Å². The summed E-state index contributed by atoms with van der Waals surface area (Å²) < 4.78 is 23.5. The maximum atomic E-state index is 12.9. The first-order valence-electron chi connectivity index (χ1n) is 7.90. The van der Waals surface area contributed by atoms with Crippen LogP contribution in [0.2, 0.25) is 5.02 Å². The van der Waals surface area contributed by atoms with E-state index < -0.39 is 0 Å². The third-order valence-corrected chi connectivity index (χ3v) is 3.83. The zero-order chi connectivity index (χ0) is 18.4. The molecule has 0 spiro atoms. The number of halogens is 2. The van der Waals surface area contributed by atoms with Crippen LogP contribution in [0.4, 0.5) is 4.39 Å². The summed E-state index contributed by atoms with van der Waals surface area (Å²) >= 11 is 5.81. The number of aromatic nitrogens is 1. The molecule has 0 aliphatic carbocycles. The van der Waals surface area contributed by atoms with Gasteiger partial charge >= 0.3 is 0 Å². The molecule has 1 amide bonds. The lowest BCUT2D eigenvalue weighted by atomic mass is 10.1. The van der Waals surface area contributed by atoms with Crippen molar-refractivity contribution in [2.24, 2.45) is 0 Å². The minimum Gasteiger partial charge on any atom is -0.365 e. The molecule has 3 rings (SSSR count). The van der Waals surface area contributed by atoms with Crippen molar-refractivity contribution in [3.63, 3.8) is 0 Å². The lowest BCUT2D eigenvalue weighted by Gasteiger charge is -2.05. The Morgan fingerprint density at radius 1 is 1.15 bits per heavy atom. The molecule has 1 N–H and O–H groups in total. The zero-order valence-corrected chi connectivity index (χ0v) is 14.5. The van der Waals surface area contributed by atoms with Crippen LogP contribution in [0, 0.1) is 5.82 Å². The molecule has 26 heavy (non-hydrogen) atoms. The van der Waals surface area contributed by atoms with Crippen LogP contribution in [0.25, 0.3) is 11.3 Å². The van der Waals surface area contributed by atoms with Gasteiger partial charge in [-0.2, -0.15) is 0 Å². The van der Waals surface area contributed by atoms with Crippen LogP contribution >= 0.6 is 11.6 Å². The molecule has 1 aromatic heterocycles. The van der Waals surface area contributed by atoms with Crippen molar-refractivity contribution in [1.82, 2.24) is 10.5 Å². The molecule has 0 saturated heterocycles. The molecular formula is C19H16ClFN2O3. The van der Waals surface area contributed by atoms with E-state index in [0.29, 0.717) is 28.6 Å². The van der Waals surface area contributed by atoms with Gasteiger partial charge in [-0.3, -0.25) is 4.79 Å². The molecule has 0 atom stereocenters. The molecule has 0 aliphatic rings. The average molecular weight is 375 g/mol. The molecule has 0 aliphatic heterocycles. The Bertz CT molecular complexity index is 863. The Kier molecular flexibility index (Phi) is 5.99. The highest BCUT2D eigenvalue weighted by Gasteiger charge is 2.08. The summed E-state index contributed by atoms with van der Waals surface area (Å²) in [5.41, 5.74) is 2.21. The number of carbonyl (C=O) groups is 1. The summed E-state index contributed by atoms with van der Waals surface area (Å²) in [4.78, 5) is 11.8. The van der Waals surface area contributed by atoms with Crippen LogP contribution in [-0.4, -0.2) is 17.7 Å². The van der Waals surface area contributed by atoms with Gasteiger partial charge < -0.3 is 14.6 Å². The van der Waals surface area contributed by atoms with Gasteiger partial charge in [-0.05, 0) is 42.0 Å². The third kappa shape index (κ3) is 5.15. The molecule has 0 unspecified atom stereocenters. The predicted molar refractivity (Wildman–Crippen MR) is 94.9 cm³/mol. The summed E-state index contributed by atoms with van der Waals surface area (Å²) in [5.74, 6) is -0.0422. The highest BCUT2D eigenvalue weighted by atomic mass is 35.5. The van der Waals surface area contributed by atoms with E-state index in [4.69, 9.17) is 20.9 Å². The highest BCUT2D eigenvalue weighted by Crippen LogP contribution is 2.20. The molecular weight excluding hydrogens is 359 g/mol. The summed E-state index contributed by atoms with van der Waals surface area (Å²) in [7, 11) is 0. The fraction of sp³-hybridized carbons (Fsp3) is 0.158. The second-order valence-corrected chi connectivity index (χ2v) is 6.02. The molecule has 0 fully saturated rings. The van der Waals surface area contributed by atoms with E-state index in [2.05, 4.69) is 10.5 Å². The van der Waals surface area contributed by atoms with Crippen molar-refractivity contribution in [3.8, 4) is 11.3 Å². The zero-order valence-electron chi connectivity index (χ0n) is 13.7. The number of hydrogen-bond donors (Lipinski definition) is 1. The van der Waals surface area contributed by atoms with Crippen LogP contribution in [0.15, 0.2) is 59.1 Å². The SMILES string of the molecule is O=C(COCc1cc(-c2ccc(F)cc2)on1)NCc1ccc(Cl)cc1. The first-order valence-corrected chi connectivity index (χ1v) is 8.28. The van der Waals surface area contributed by atoms with E-state index in [9.17, 15) is 9.18 Å². The molecule has 7 heteroatoms. The maximum absolute atomic E-state index is 12.9. The topological polar surface area (TPSA) is 64.4 Å². The minimum atomic E-state index is -0.318. The normalized spacial score (nSPS) is 10.7. The van der Waals surface area contributed by atoms with Gasteiger partial charge in [0.1, 0.15) is 18.1 Å². The quantitative estimate of drug-likeness (QED) is 0.679. The van der Waals surface area contributed by atoms with Gasteiger partial charge in [0, 0.05) is 23.2 Å². The van der Waals surface area contributed by atoms with Crippen molar-refractivity contribution in [2.45, 2.75) is 13.2 Å². The monoisotopic (exact) mass is 374 g/mol. The summed E-state index contributed by atoms with van der Waals surface area (Å²) in [6.07, 6.45) is 0. The molecule has 0 bridgehead atoms. The van der Waals surface area contributed by atoms with E-state index in [1.165, 1.54) is 12.1 Å². The number of ether oxygens (including phenoxy) is 1. The van der Waals surface area contributed by atoms with Gasteiger partial charge in [0.05, 0.1) is 6.61 Å². The third-order valence-electron chi connectivity index (χ3n) is 3.57. The number of rotatable bonds is 7. The molecule has 0 radical (unpaired) electrons. The summed E-state index contributed by atoms with van der Waals surface area (Å²) in [6, 6.07) is 14.8. The molecule has 3 aromatic rings. The van der Waals surface area contributed by atoms with Crippen LogP contribution in [-0.2, 0) is 22.7 Å². The van der Waals surface area contributed by atoms with E-state index in [1.54, 1.807) is 30.3 Å². The number of nitrogens with zero attached hydrogens (tertiary/aromatic N) is 1.